The standard InChI is InChI=1S/C82H150N2O31/c1-5-7-9-11-13-15-17-19-20-21-22-23-24-25-26-27-28-30-32-34-36-38-40-42-62(95)84-54(55(92)41-39-37-35-33-31-29-18-16-14-12-10-8-6-2)50-106-78-70(102)68(100)73(60(48-88)109-78)112-80-71(103)76(115-82(81(104)105)44-56(93)63(83-52(4)91)75(114-82)64(96)57(94)45-85)74(61(49-89)110-80)113-77-53(43-51(3)90)72(66(98)59(47-87)107-77)111-79-69(101)67(99)65(97)58(46-86)108-79/h53-61,63-80,85-89,92-94,96-103H,5-50H2,1-4H3,(H,83,91)(H,84,95)(H,104,105). The Morgan fingerprint density at radius 3 is 1.31 bits per heavy atom. The van der Waals surface area contributed by atoms with Gasteiger partial charge in [-0.1, -0.05) is 239 Å². The van der Waals surface area contributed by atoms with Gasteiger partial charge in [0.25, 0.3) is 5.79 Å². The molecule has 5 rings (SSSR count). The van der Waals surface area contributed by atoms with Crippen LogP contribution in [-0.2, 0) is 66.5 Å². The van der Waals surface area contributed by atoms with E-state index in [1.165, 1.54) is 161 Å². The second-order valence-corrected chi connectivity index (χ2v) is 32.8. The molecule has 33 heteroatoms. The van der Waals surface area contributed by atoms with Crippen LogP contribution in [0.2, 0.25) is 0 Å². The van der Waals surface area contributed by atoms with Crippen molar-refractivity contribution in [1.29, 1.82) is 0 Å². The third-order valence-corrected chi connectivity index (χ3v) is 23.2. The fraction of sp³-hybridized carbons (Fsp3) is 0.951. The van der Waals surface area contributed by atoms with Crippen molar-refractivity contribution in [3.8, 4) is 0 Å². The molecule has 115 heavy (non-hydrogen) atoms. The molecule has 5 fully saturated rings. The Hall–Kier alpha value is -2.96. The number of carboxylic acids is 1. The van der Waals surface area contributed by atoms with Crippen LogP contribution in [0.15, 0.2) is 0 Å². The van der Waals surface area contributed by atoms with E-state index in [1.54, 1.807) is 0 Å². The van der Waals surface area contributed by atoms with Crippen LogP contribution in [0.1, 0.15) is 285 Å². The molecular formula is C82H150N2O31. The molecule has 0 aromatic rings. The van der Waals surface area contributed by atoms with Crippen molar-refractivity contribution in [2.45, 2.75) is 450 Å². The Balaban J connectivity index is 1.31. The molecule has 5 aliphatic rings. The maximum absolute atomic E-state index is 13.9. The van der Waals surface area contributed by atoms with Crippen LogP contribution in [-0.4, -0.2) is 315 Å². The molecule has 19 N–H and O–H groups in total. The van der Waals surface area contributed by atoms with Gasteiger partial charge < -0.3 is 150 Å². The molecule has 5 saturated heterocycles. The maximum Gasteiger partial charge on any atom is 0.364 e. The normalized spacial score (nSPS) is 33.0. The number of rotatable bonds is 62. The fourth-order valence-electron chi connectivity index (χ4n) is 16.3. The summed E-state index contributed by atoms with van der Waals surface area (Å²) in [5, 5.41) is 195. The molecule has 0 bridgehead atoms. The maximum atomic E-state index is 13.9. The highest BCUT2D eigenvalue weighted by Crippen LogP contribution is 2.43. The van der Waals surface area contributed by atoms with E-state index in [4.69, 9.17) is 47.4 Å². The number of hydrogen-bond acceptors (Lipinski definition) is 30. The van der Waals surface area contributed by atoms with Gasteiger partial charge in [-0.05, 0) is 19.8 Å². The number of carboxylic acid groups (broad SMARTS) is 1. The Bertz CT molecular complexity index is 2590. The summed E-state index contributed by atoms with van der Waals surface area (Å²) in [6, 6.07) is -2.80. The molecule has 2 amide bonds. The molecule has 5 heterocycles. The lowest BCUT2D eigenvalue weighted by atomic mass is 9.86. The molecule has 0 radical (unpaired) electrons. The Morgan fingerprint density at radius 1 is 0.443 bits per heavy atom. The highest BCUT2D eigenvalue weighted by Gasteiger charge is 2.62. The van der Waals surface area contributed by atoms with Crippen LogP contribution in [0.4, 0.5) is 0 Å². The van der Waals surface area contributed by atoms with E-state index in [0.29, 0.717) is 12.8 Å². The first-order valence-corrected chi connectivity index (χ1v) is 43.6. The van der Waals surface area contributed by atoms with E-state index in [-0.39, 0.29) is 18.7 Å². The van der Waals surface area contributed by atoms with Gasteiger partial charge in [0, 0.05) is 32.1 Å². The average molecular weight is 1660 g/mol. The van der Waals surface area contributed by atoms with Gasteiger partial charge in [0.2, 0.25) is 11.8 Å². The molecule has 28 atom stereocenters. The third-order valence-electron chi connectivity index (χ3n) is 23.2. The molecule has 0 aromatic heterocycles. The zero-order valence-corrected chi connectivity index (χ0v) is 68.9. The average Bonchev–Trinajstić information content (AvgIpc) is 0.741. The Morgan fingerprint density at radius 2 is 0.852 bits per heavy atom. The SMILES string of the molecule is CCCCCCCCCCCCCCCCCCCCCCCCCC(=O)NC(COC1OC(CO)C(OC2OC(CO)C(OC3OC(CO)C(O)C(OC4OC(CO)C(O)C(O)C4O)C3CC(C)=O)C(OC3(C(=O)O)CC(O)C(NC(C)=O)C(C(O)C(O)CO)O3)C2O)C(O)C1O)C(O)CCCCCCCCCCCCCCC. The van der Waals surface area contributed by atoms with Crippen LogP contribution in [0.5, 0.6) is 0 Å². The monoisotopic (exact) mass is 1660 g/mol. The van der Waals surface area contributed by atoms with Gasteiger partial charge in [-0.3, -0.25) is 9.59 Å². The van der Waals surface area contributed by atoms with Gasteiger partial charge in [-0.25, -0.2) is 4.79 Å². The number of nitrogens with one attached hydrogen (secondary N) is 2. The second-order valence-electron chi connectivity index (χ2n) is 32.8. The number of ether oxygens (including phenoxy) is 10. The van der Waals surface area contributed by atoms with Gasteiger partial charge in [0.15, 0.2) is 25.2 Å². The summed E-state index contributed by atoms with van der Waals surface area (Å²) in [4.78, 5) is 53.3. The molecule has 5 aliphatic heterocycles. The van der Waals surface area contributed by atoms with Gasteiger partial charge in [-0.2, -0.15) is 0 Å². The first-order valence-electron chi connectivity index (χ1n) is 43.6. The van der Waals surface area contributed by atoms with Crippen LogP contribution in [0, 0.1) is 5.92 Å². The summed E-state index contributed by atoms with van der Waals surface area (Å²) in [6.07, 6.45) is -7.12. The van der Waals surface area contributed by atoms with Crippen molar-refractivity contribution in [3.63, 3.8) is 0 Å². The minimum absolute atomic E-state index is 0.162. The largest absolute Gasteiger partial charge is 0.477 e. The van der Waals surface area contributed by atoms with Gasteiger partial charge in [-0.15, -0.1) is 0 Å². The predicted octanol–water partition coefficient (Wildman–Crippen LogP) is 3.39. The highest BCUT2D eigenvalue weighted by atomic mass is 16.8. The van der Waals surface area contributed by atoms with Gasteiger partial charge in [0.1, 0.15) is 110 Å². The summed E-state index contributed by atoms with van der Waals surface area (Å²) in [5.41, 5.74) is 0. The first-order chi connectivity index (χ1) is 55.3. The number of hydrogen-bond donors (Lipinski definition) is 19. The Labute approximate surface area is 680 Å². The number of Topliss-reactive ketones (excluding diaryl/α,β-unsaturated/α-hetero) is 1. The number of carbonyl (C=O) groups excluding carboxylic acids is 3. The lowest BCUT2D eigenvalue weighted by Crippen LogP contribution is -2.71. The number of carbonyl (C=O) groups is 4. The van der Waals surface area contributed by atoms with Gasteiger partial charge in [0.05, 0.1) is 70.0 Å². The predicted molar refractivity (Wildman–Crippen MR) is 417 cm³/mol. The molecular weight excluding hydrogens is 1510 g/mol. The number of unbranched alkanes of at least 4 members (excludes halogenated alkanes) is 34. The fourth-order valence-corrected chi connectivity index (χ4v) is 16.3. The number of amides is 2. The van der Waals surface area contributed by atoms with Crippen LogP contribution in [0.25, 0.3) is 0 Å². The van der Waals surface area contributed by atoms with E-state index in [0.717, 1.165) is 71.6 Å². The van der Waals surface area contributed by atoms with E-state index in [9.17, 15) is 106 Å². The first kappa shape index (κ1) is 103. The molecule has 0 aliphatic carbocycles. The summed E-state index contributed by atoms with van der Waals surface area (Å²) >= 11 is 0. The molecule has 33 nitrogen and oxygen atoms in total. The zero-order valence-electron chi connectivity index (χ0n) is 68.9. The zero-order chi connectivity index (χ0) is 84.4. The van der Waals surface area contributed by atoms with Gasteiger partial charge >= 0.3 is 5.97 Å². The molecule has 0 saturated carbocycles. The quantitative estimate of drug-likeness (QED) is 0.0388. The lowest BCUT2D eigenvalue weighted by Gasteiger charge is -2.52. The Kier molecular flexibility index (Phi) is 50.6. The lowest BCUT2D eigenvalue weighted by molar-refractivity contribution is -0.406. The van der Waals surface area contributed by atoms with Crippen molar-refractivity contribution in [2.24, 2.45) is 5.92 Å². The molecule has 674 valence electrons. The molecule has 28 unspecified atom stereocenters. The van der Waals surface area contributed by atoms with E-state index in [1.807, 2.05) is 0 Å². The van der Waals surface area contributed by atoms with Crippen LogP contribution < -0.4 is 10.6 Å². The number of ketones is 1. The summed E-state index contributed by atoms with van der Waals surface area (Å²) in [7, 11) is 0. The summed E-state index contributed by atoms with van der Waals surface area (Å²) in [6.45, 7) is 0.648. The van der Waals surface area contributed by atoms with Crippen molar-refractivity contribution in [1.82, 2.24) is 10.6 Å². The second kappa shape index (κ2) is 56.7. The molecule has 0 spiro atoms. The van der Waals surface area contributed by atoms with Crippen molar-refractivity contribution in [2.75, 3.05) is 39.6 Å². The topological polar surface area (TPSA) is 529 Å². The van der Waals surface area contributed by atoms with Crippen molar-refractivity contribution in [3.05, 3.63) is 0 Å². The number of aliphatic hydroxyl groups is 16. The summed E-state index contributed by atoms with van der Waals surface area (Å²) < 4.78 is 60.6. The van der Waals surface area contributed by atoms with Crippen LogP contribution in [0.3, 0.4) is 0 Å². The minimum atomic E-state index is -3.36. The highest BCUT2D eigenvalue weighted by molar-refractivity contribution is 5.77. The minimum Gasteiger partial charge on any atom is -0.477 e. The summed E-state index contributed by atoms with van der Waals surface area (Å²) in [5.74, 6) is -9.02. The number of aliphatic carboxylic acids is 1. The van der Waals surface area contributed by atoms with Crippen molar-refractivity contribution < 1.29 is 153 Å². The van der Waals surface area contributed by atoms with E-state index in [2.05, 4.69) is 24.5 Å². The smallest absolute Gasteiger partial charge is 0.364 e. The van der Waals surface area contributed by atoms with E-state index < -0.39 is 241 Å². The number of aliphatic hydroxyl groups excluding tert-OH is 16. The third kappa shape index (κ3) is 34.0. The molecule has 0 aromatic carbocycles. The van der Waals surface area contributed by atoms with Crippen molar-refractivity contribution >= 4 is 23.6 Å². The van der Waals surface area contributed by atoms with E-state index >= 15 is 0 Å². The van der Waals surface area contributed by atoms with Crippen LogP contribution >= 0.6 is 0 Å².